The lowest BCUT2D eigenvalue weighted by Crippen LogP contribution is -2.47. The molecule has 3 rings (SSSR count). The Morgan fingerprint density at radius 1 is 1.27 bits per heavy atom. The average Bonchev–Trinajstić information content (AvgIpc) is 3.28. The third kappa shape index (κ3) is 4.61. The maximum Gasteiger partial charge on any atom is 0.191 e. The molecule has 2 aliphatic rings. The molecule has 2 saturated heterocycles. The Kier molecular flexibility index (Phi) is 6.61. The molecule has 2 aliphatic heterocycles. The molecule has 3 atom stereocenters. The fourth-order valence-electron chi connectivity index (χ4n) is 3.60. The summed E-state index contributed by atoms with van der Waals surface area (Å²) in [4.78, 5) is 4.74. The van der Waals surface area contributed by atoms with Crippen LogP contribution in [-0.4, -0.2) is 44.5 Å². The number of methoxy groups -OCH3 is 1. The van der Waals surface area contributed by atoms with Gasteiger partial charge in [0.1, 0.15) is 0 Å². The molecule has 2 heterocycles. The van der Waals surface area contributed by atoms with Gasteiger partial charge in [0.05, 0.1) is 38.5 Å². The molecule has 26 heavy (non-hydrogen) atoms. The van der Waals surface area contributed by atoms with Gasteiger partial charge in [0.15, 0.2) is 17.5 Å². The maximum absolute atomic E-state index is 5.93. The molecule has 2 fully saturated rings. The first-order valence-electron chi connectivity index (χ1n) is 9.73. The monoisotopic (exact) mass is 361 g/mol. The van der Waals surface area contributed by atoms with Crippen LogP contribution < -0.4 is 20.1 Å². The highest BCUT2D eigenvalue weighted by Gasteiger charge is 2.41. The molecule has 6 nitrogen and oxygen atoms in total. The summed E-state index contributed by atoms with van der Waals surface area (Å²) in [7, 11) is 1.67. The second kappa shape index (κ2) is 9.12. The third-order valence-corrected chi connectivity index (χ3v) is 4.88. The van der Waals surface area contributed by atoms with Crippen LogP contribution in [0.2, 0.25) is 0 Å². The maximum atomic E-state index is 5.93. The molecule has 1 aromatic rings. The number of aliphatic imine (C=N–C) groups is 1. The summed E-state index contributed by atoms with van der Waals surface area (Å²) in [6, 6.07) is 6.37. The zero-order valence-corrected chi connectivity index (χ0v) is 16.1. The summed E-state index contributed by atoms with van der Waals surface area (Å²) in [5, 5.41) is 6.88. The topological polar surface area (TPSA) is 64.1 Å². The minimum Gasteiger partial charge on any atom is -0.493 e. The Balaban J connectivity index is 1.63. The minimum atomic E-state index is 0.332. The Hall–Kier alpha value is -1.95. The summed E-state index contributed by atoms with van der Waals surface area (Å²) in [6.45, 7) is 6.28. The van der Waals surface area contributed by atoms with E-state index in [1.54, 1.807) is 7.11 Å². The van der Waals surface area contributed by atoms with Gasteiger partial charge in [-0.05, 0) is 50.3 Å². The lowest BCUT2D eigenvalue weighted by atomic mass is 9.96. The molecular weight excluding hydrogens is 330 g/mol. The molecule has 0 saturated carbocycles. The molecule has 3 unspecified atom stereocenters. The summed E-state index contributed by atoms with van der Waals surface area (Å²) in [5.74, 6) is 2.38. The number of hydrogen-bond donors (Lipinski definition) is 2. The van der Waals surface area contributed by atoms with E-state index in [2.05, 4.69) is 24.5 Å². The van der Waals surface area contributed by atoms with Crippen molar-refractivity contribution in [2.45, 2.75) is 64.3 Å². The number of benzene rings is 1. The second-order valence-electron chi connectivity index (χ2n) is 6.89. The van der Waals surface area contributed by atoms with Crippen LogP contribution >= 0.6 is 0 Å². The molecule has 144 valence electrons. The zero-order valence-electron chi connectivity index (χ0n) is 16.1. The van der Waals surface area contributed by atoms with E-state index >= 15 is 0 Å². The SMILES string of the molecule is CCCOc1ccc(CN=C(NCC)NC2CC3CCC2O3)cc1OC. The van der Waals surface area contributed by atoms with Crippen molar-refractivity contribution in [2.24, 2.45) is 4.99 Å². The van der Waals surface area contributed by atoms with Gasteiger partial charge >= 0.3 is 0 Å². The van der Waals surface area contributed by atoms with Crippen LogP contribution in [0.3, 0.4) is 0 Å². The lowest BCUT2D eigenvalue weighted by Gasteiger charge is -2.22. The van der Waals surface area contributed by atoms with Gasteiger partial charge in [0.2, 0.25) is 0 Å². The fraction of sp³-hybridized carbons (Fsp3) is 0.650. The quantitative estimate of drug-likeness (QED) is 0.551. The zero-order chi connectivity index (χ0) is 18.4. The van der Waals surface area contributed by atoms with Gasteiger partial charge in [0.25, 0.3) is 0 Å². The van der Waals surface area contributed by atoms with Crippen LogP contribution in [0.25, 0.3) is 0 Å². The Morgan fingerprint density at radius 2 is 2.15 bits per heavy atom. The van der Waals surface area contributed by atoms with Crippen LogP contribution in [-0.2, 0) is 11.3 Å². The van der Waals surface area contributed by atoms with Crippen molar-refractivity contribution in [1.82, 2.24) is 10.6 Å². The standard InChI is InChI=1S/C20H31N3O3/c1-4-10-25-18-8-6-14(11-19(18)24-3)13-22-20(21-5-2)23-16-12-15-7-9-17(16)26-15/h6,8,11,15-17H,4-5,7,9-10,12-13H2,1-3H3,(H2,21,22,23). The molecule has 0 radical (unpaired) electrons. The molecule has 1 aromatic carbocycles. The highest BCUT2D eigenvalue weighted by atomic mass is 16.5. The van der Waals surface area contributed by atoms with E-state index in [1.807, 2.05) is 18.2 Å². The number of rotatable bonds is 8. The van der Waals surface area contributed by atoms with E-state index < -0.39 is 0 Å². The Morgan fingerprint density at radius 3 is 2.81 bits per heavy atom. The molecule has 0 spiro atoms. The van der Waals surface area contributed by atoms with Gasteiger partial charge in [-0.2, -0.15) is 0 Å². The first-order valence-corrected chi connectivity index (χ1v) is 9.73. The van der Waals surface area contributed by atoms with Crippen LogP contribution in [0.15, 0.2) is 23.2 Å². The number of ether oxygens (including phenoxy) is 3. The van der Waals surface area contributed by atoms with Gasteiger partial charge in [-0.3, -0.25) is 0 Å². The van der Waals surface area contributed by atoms with E-state index in [9.17, 15) is 0 Å². The van der Waals surface area contributed by atoms with Crippen molar-refractivity contribution < 1.29 is 14.2 Å². The van der Waals surface area contributed by atoms with Crippen molar-refractivity contribution in [1.29, 1.82) is 0 Å². The van der Waals surface area contributed by atoms with Gasteiger partial charge in [0, 0.05) is 6.54 Å². The van der Waals surface area contributed by atoms with Crippen molar-refractivity contribution in [3.8, 4) is 11.5 Å². The largest absolute Gasteiger partial charge is 0.493 e. The van der Waals surface area contributed by atoms with E-state index in [4.69, 9.17) is 19.2 Å². The van der Waals surface area contributed by atoms with Crippen LogP contribution in [0.4, 0.5) is 0 Å². The normalized spacial score (nSPS) is 24.6. The highest BCUT2D eigenvalue weighted by molar-refractivity contribution is 5.80. The van der Waals surface area contributed by atoms with Crippen LogP contribution in [0.1, 0.15) is 45.1 Å². The predicted octanol–water partition coefficient (Wildman–Crippen LogP) is 2.86. The number of fused-ring (bicyclic) bond motifs is 2. The minimum absolute atomic E-state index is 0.332. The molecule has 2 bridgehead atoms. The van der Waals surface area contributed by atoms with Gasteiger partial charge in [-0.15, -0.1) is 0 Å². The lowest BCUT2D eigenvalue weighted by molar-refractivity contribution is 0.0992. The number of hydrogen-bond acceptors (Lipinski definition) is 4. The number of guanidine groups is 1. The van der Waals surface area contributed by atoms with Crippen LogP contribution in [0.5, 0.6) is 11.5 Å². The molecule has 6 heteroatoms. The van der Waals surface area contributed by atoms with Crippen molar-refractivity contribution in [3.05, 3.63) is 23.8 Å². The van der Waals surface area contributed by atoms with Crippen molar-refractivity contribution in [3.63, 3.8) is 0 Å². The second-order valence-corrected chi connectivity index (χ2v) is 6.89. The van der Waals surface area contributed by atoms with Crippen molar-refractivity contribution in [2.75, 3.05) is 20.3 Å². The third-order valence-electron chi connectivity index (χ3n) is 4.88. The first-order chi connectivity index (χ1) is 12.7. The summed E-state index contributed by atoms with van der Waals surface area (Å²) >= 11 is 0. The fourth-order valence-corrected chi connectivity index (χ4v) is 3.60. The van der Waals surface area contributed by atoms with E-state index in [1.165, 1.54) is 6.42 Å². The van der Waals surface area contributed by atoms with Gasteiger partial charge < -0.3 is 24.8 Å². The van der Waals surface area contributed by atoms with E-state index in [-0.39, 0.29) is 0 Å². The summed E-state index contributed by atoms with van der Waals surface area (Å²) < 4.78 is 17.1. The summed E-state index contributed by atoms with van der Waals surface area (Å²) in [5.41, 5.74) is 1.09. The molecule has 0 amide bonds. The molecule has 0 aromatic heterocycles. The predicted molar refractivity (Wildman–Crippen MR) is 103 cm³/mol. The summed E-state index contributed by atoms with van der Waals surface area (Å²) in [6.07, 6.45) is 5.16. The van der Waals surface area contributed by atoms with E-state index in [0.29, 0.717) is 31.4 Å². The van der Waals surface area contributed by atoms with Gasteiger partial charge in [-0.1, -0.05) is 13.0 Å². The number of nitrogens with zero attached hydrogens (tertiary/aromatic N) is 1. The number of nitrogens with one attached hydrogen (secondary N) is 2. The van der Waals surface area contributed by atoms with Crippen LogP contribution in [0, 0.1) is 0 Å². The highest BCUT2D eigenvalue weighted by Crippen LogP contribution is 2.34. The molecule has 2 N–H and O–H groups in total. The Labute approximate surface area is 156 Å². The molecule has 0 aliphatic carbocycles. The van der Waals surface area contributed by atoms with Crippen molar-refractivity contribution >= 4 is 5.96 Å². The first kappa shape index (κ1) is 18.8. The van der Waals surface area contributed by atoms with E-state index in [0.717, 1.165) is 48.8 Å². The molecular formula is C20H31N3O3. The van der Waals surface area contributed by atoms with Gasteiger partial charge in [-0.25, -0.2) is 4.99 Å². The average molecular weight is 361 g/mol. The Bertz CT molecular complexity index is 620. The smallest absolute Gasteiger partial charge is 0.191 e.